The largest absolute Gasteiger partial charge is 0.382 e. The van der Waals surface area contributed by atoms with Crippen molar-refractivity contribution in [1.82, 2.24) is 5.32 Å². The fraction of sp³-hybridized carbons (Fsp3) is 0.800. The van der Waals surface area contributed by atoms with Gasteiger partial charge in [0.25, 0.3) is 0 Å². The van der Waals surface area contributed by atoms with Crippen LogP contribution in [0.3, 0.4) is 0 Å². The number of nitrogens with zero attached hydrogens (tertiary/aromatic N) is 1. The number of rotatable bonds is 2. The van der Waals surface area contributed by atoms with Crippen molar-refractivity contribution >= 4 is 0 Å². The van der Waals surface area contributed by atoms with Crippen LogP contribution in [0.15, 0.2) is 11.3 Å². The summed E-state index contributed by atoms with van der Waals surface area (Å²) in [5.74, 6) is 2.89. The summed E-state index contributed by atoms with van der Waals surface area (Å²) in [7, 11) is 0. The smallest absolute Gasteiger partial charge is 0.0962 e. The molecular weight excluding hydrogens is 208 g/mol. The molecule has 0 aromatic heterocycles. The van der Waals surface area contributed by atoms with E-state index >= 15 is 0 Å². The molecule has 0 aliphatic heterocycles. The van der Waals surface area contributed by atoms with Crippen LogP contribution >= 0.6 is 0 Å². The Bertz CT molecular complexity index is 364. The number of hydrogen-bond acceptors (Lipinski definition) is 2. The van der Waals surface area contributed by atoms with Crippen molar-refractivity contribution in [2.45, 2.75) is 57.9 Å². The minimum absolute atomic E-state index is 0.344. The van der Waals surface area contributed by atoms with Gasteiger partial charge in [0.15, 0.2) is 0 Å². The van der Waals surface area contributed by atoms with E-state index in [4.69, 9.17) is 5.26 Å². The number of hydrogen-bond donors (Lipinski definition) is 1. The second-order valence-electron chi connectivity index (χ2n) is 6.68. The summed E-state index contributed by atoms with van der Waals surface area (Å²) in [5, 5.41) is 12.7. The lowest BCUT2D eigenvalue weighted by atomic mass is 9.53. The van der Waals surface area contributed by atoms with E-state index in [0.29, 0.717) is 5.54 Å². The van der Waals surface area contributed by atoms with Crippen molar-refractivity contribution in [3.63, 3.8) is 0 Å². The van der Waals surface area contributed by atoms with Gasteiger partial charge in [0.2, 0.25) is 0 Å². The van der Waals surface area contributed by atoms with Crippen molar-refractivity contribution in [1.29, 1.82) is 5.26 Å². The lowest BCUT2D eigenvalue weighted by molar-refractivity contribution is -0.0147. The van der Waals surface area contributed by atoms with Crippen molar-refractivity contribution < 1.29 is 0 Å². The summed E-state index contributed by atoms with van der Waals surface area (Å²) in [6, 6.07) is 2.26. The zero-order valence-corrected chi connectivity index (χ0v) is 10.9. The average molecular weight is 230 g/mol. The molecule has 4 bridgehead atoms. The van der Waals surface area contributed by atoms with Crippen molar-refractivity contribution in [2.24, 2.45) is 17.8 Å². The Morgan fingerprint density at radius 1 is 1.06 bits per heavy atom. The van der Waals surface area contributed by atoms with Crippen LogP contribution in [0.1, 0.15) is 52.4 Å². The van der Waals surface area contributed by atoms with E-state index in [1.807, 2.05) is 6.92 Å². The van der Waals surface area contributed by atoms with Crippen molar-refractivity contribution in [2.75, 3.05) is 0 Å². The third-order valence-corrected chi connectivity index (χ3v) is 5.22. The van der Waals surface area contributed by atoms with Gasteiger partial charge in [-0.1, -0.05) is 0 Å². The lowest BCUT2D eigenvalue weighted by Gasteiger charge is -2.57. The van der Waals surface area contributed by atoms with E-state index < -0.39 is 0 Å². The molecule has 0 saturated heterocycles. The zero-order chi connectivity index (χ0) is 12.0. The number of nitrogens with one attached hydrogen (secondary N) is 1. The topological polar surface area (TPSA) is 35.8 Å². The van der Waals surface area contributed by atoms with E-state index in [1.54, 1.807) is 0 Å². The molecule has 4 saturated carbocycles. The highest BCUT2D eigenvalue weighted by Crippen LogP contribution is 2.55. The van der Waals surface area contributed by atoms with Gasteiger partial charge >= 0.3 is 0 Å². The number of nitriles is 1. The summed E-state index contributed by atoms with van der Waals surface area (Å²) in [6.07, 6.45) is 8.45. The maximum Gasteiger partial charge on any atom is 0.0962 e. The van der Waals surface area contributed by atoms with E-state index in [-0.39, 0.29) is 0 Å². The molecule has 0 radical (unpaired) electrons. The van der Waals surface area contributed by atoms with Crippen LogP contribution in [0.5, 0.6) is 0 Å². The molecule has 0 heterocycles. The Labute approximate surface area is 104 Å². The van der Waals surface area contributed by atoms with Gasteiger partial charge in [-0.2, -0.15) is 5.26 Å². The molecule has 0 amide bonds. The normalized spacial score (nSPS) is 44.2. The molecule has 0 aromatic carbocycles. The molecular formula is C15H22N2. The summed E-state index contributed by atoms with van der Waals surface area (Å²) in [6.45, 7) is 3.99. The van der Waals surface area contributed by atoms with E-state index in [1.165, 1.54) is 38.5 Å². The molecule has 1 N–H and O–H groups in total. The predicted molar refractivity (Wildman–Crippen MR) is 68.0 cm³/mol. The standard InChI is InChI=1S/C15H22N2/c1-10(9-16)11(2)17-15-6-12-3-13(7-15)5-14(4-12)8-15/h12-14,17H,3-8H2,1-2H3/b11-10+. The molecule has 2 nitrogen and oxygen atoms in total. The third kappa shape index (κ3) is 1.86. The second kappa shape index (κ2) is 3.77. The maximum absolute atomic E-state index is 8.97. The van der Waals surface area contributed by atoms with Crippen molar-refractivity contribution in [3.05, 3.63) is 11.3 Å². The first-order valence-electron chi connectivity index (χ1n) is 6.96. The van der Waals surface area contributed by atoms with Crippen LogP contribution in [0.4, 0.5) is 0 Å². The molecule has 17 heavy (non-hydrogen) atoms. The monoisotopic (exact) mass is 230 g/mol. The minimum Gasteiger partial charge on any atom is -0.382 e. The molecule has 0 spiro atoms. The van der Waals surface area contributed by atoms with Gasteiger partial charge in [-0.25, -0.2) is 0 Å². The minimum atomic E-state index is 0.344. The Morgan fingerprint density at radius 2 is 1.53 bits per heavy atom. The summed E-state index contributed by atoms with van der Waals surface area (Å²) in [5.41, 5.74) is 2.30. The van der Waals surface area contributed by atoms with Crippen LogP contribution in [0, 0.1) is 29.1 Å². The van der Waals surface area contributed by atoms with Gasteiger partial charge in [-0.05, 0) is 70.1 Å². The molecule has 4 fully saturated rings. The molecule has 4 aliphatic carbocycles. The molecule has 0 unspecified atom stereocenters. The van der Waals surface area contributed by atoms with Gasteiger partial charge in [0.05, 0.1) is 6.07 Å². The summed E-state index contributed by atoms with van der Waals surface area (Å²) < 4.78 is 0. The van der Waals surface area contributed by atoms with E-state index in [9.17, 15) is 0 Å². The molecule has 0 aromatic rings. The highest BCUT2D eigenvalue weighted by molar-refractivity contribution is 5.25. The van der Waals surface area contributed by atoms with Gasteiger partial charge in [0, 0.05) is 16.8 Å². The fourth-order valence-corrected chi connectivity index (χ4v) is 4.84. The Kier molecular flexibility index (Phi) is 2.47. The average Bonchev–Trinajstić information content (AvgIpc) is 2.25. The van der Waals surface area contributed by atoms with Crippen LogP contribution in [-0.2, 0) is 0 Å². The van der Waals surface area contributed by atoms with Crippen LogP contribution in [-0.4, -0.2) is 5.54 Å². The van der Waals surface area contributed by atoms with E-state index in [0.717, 1.165) is 29.0 Å². The zero-order valence-electron chi connectivity index (χ0n) is 10.9. The highest BCUT2D eigenvalue weighted by atomic mass is 15.0. The van der Waals surface area contributed by atoms with E-state index in [2.05, 4.69) is 18.3 Å². The first-order chi connectivity index (χ1) is 8.10. The quantitative estimate of drug-likeness (QED) is 0.738. The molecule has 4 aliphatic rings. The maximum atomic E-state index is 8.97. The van der Waals surface area contributed by atoms with Crippen molar-refractivity contribution in [3.8, 4) is 6.07 Å². The Balaban J connectivity index is 1.81. The molecule has 2 heteroatoms. The Morgan fingerprint density at radius 3 is 1.94 bits per heavy atom. The van der Waals surface area contributed by atoms with Crippen LogP contribution in [0.2, 0.25) is 0 Å². The van der Waals surface area contributed by atoms with Crippen LogP contribution in [0.25, 0.3) is 0 Å². The van der Waals surface area contributed by atoms with Gasteiger partial charge in [-0.15, -0.1) is 0 Å². The Hall–Kier alpha value is -0.970. The molecule has 0 atom stereocenters. The summed E-state index contributed by atoms with van der Waals surface area (Å²) >= 11 is 0. The second-order valence-corrected chi connectivity index (χ2v) is 6.68. The highest BCUT2D eigenvalue weighted by Gasteiger charge is 2.50. The lowest BCUT2D eigenvalue weighted by Crippen LogP contribution is -2.57. The van der Waals surface area contributed by atoms with Gasteiger partial charge in [-0.3, -0.25) is 0 Å². The predicted octanol–water partition coefficient (Wildman–Crippen LogP) is 3.36. The molecule has 92 valence electrons. The molecule has 4 rings (SSSR count). The fourth-order valence-electron chi connectivity index (χ4n) is 4.84. The van der Waals surface area contributed by atoms with Gasteiger partial charge in [0.1, 0.15) is 0 Å². The first kappa shape index (κ1) is 11.1. The first-order valence-corrected chi connectivity index (χ1v) is 6.96. The number of allylic oxidation sites excluding steroid dienone is 2. The summed E-state index contributed by atoms with van der Waals surface area (Å²) in [4.78, 5) is 0. The third-order valence-electron chi connectivity index (χ3n) is 5.22. The van der Waals surface area contributed by atoms with Gasteiger partial charge < -0.3 is 5.32 Å². The SMILES string of the molecule is C/C(C#N)=C(/C)NC12CC3CC(CC(C3)C1)C2. The van der Waals surface area contributed by atoms with Crippen LogP contribution < -0.4 is 5.32 Å².